The molecule has 1 aromatic heterocycles. The van der Waals surface area contributed by atoms with E-state index in [9.17, 15) is 0 Å². The second kappa shape index (κ2) is 4.98. The number of benzene rings is 2. The van der Waals surface area contributed by atoms with Crippen LogP contribution in [0.5, 0.6) is 0 Å². The highest BCUT2D eigenvalue weighted by Gasteiger charge is 1.99. The van der Waals surface area contributed by atoms with E-state index in [1.54, 1.807) is 11.3 Å². The van der Waals surface area contributed by atoms with Crippen LogP contribution < -0.4 is 0 Å². The van der Waals surface area contributed by atoms with Crippen molar-refractivity contribution in [1.29, 1.82) is 0 Å². The van der Waals surface area contributed by atoms with Crippen LogP contribution in [-0.2, 0) is 0 Å². The lowest BCUT2D eigenvalue weighted by molar-refractivity contribution is 1.35. The molecule has 3 aromatic rings. The van der Waals surface area contributed by atoms with Crippen molar-refractivity contribution in [2.24, 2.45) is 0 Å². The summed E-state index contributed by atoms with van der Waals surface area (Å²) in [6.07, 6.45) is 4.30. The Morgan fingerprint density at radius 3 is 2.37 bits per heavy atom. The second-order valence-corrected chi connectivity index (χ2v) is 5.94. The molecule has 19 heavy (non-hydrogen) atoms. The molecule has 0 aliphatic heterocycles. The first-order valence-electron chi connectivity index (χ1n) is 6.33. The minimum absolute atomic E-state index is 1.09. The molecular formula is C17H15NS. The van der Waals surface area contributed by atoms with Gasteiger partial charge in [0.15, 0.2) is 0 Å². The number of hydrogen-bond acceptors (Lipinski definition) is 2. The van der Waals surface area contributed by atoms with Gasteiger partial charge >= 0.3 is 0 Å². The smallest absolute Gasteiger partial charge is 0.0907 e. The maximum absolute atomic E-state index is 4.48. The summed E-state index contributed by atoms with van der Waals surface area (Å²) in [5.74, 6) is 0. The lowest BCUT2D eigenvalue weighted by Crippen LogP contribution is -1.75. The third-order valence-electron chi connectivity index (χ3n) is 3.07. The third kappa shape index (κ3) is 2.74. The number of hydrogen-bond donors (Lipinski definition) is 0. The van der Waals surface area contributed by atoms with Gasteiger partial charge in [-0.25, -0.2) is 4.98 Å². The fraction of sp³-hybridized carbons (Fsp3) is 0.118. The highest BCUT2D eigenvalue weighted by atomic mass is 32.1. The Morgan fingerprint density at radius 1 is 0.895 bits per heavy atom. The molecule has 0 spiro atoms. The first kappa shape index (κ1) is 12.1. The van der Waals surface area contributed by atoms with Crippen LogP contribution in [0.4, 0.5) is 0 Å². The molecule has 2 heteroatoms. The highest BCUT2D eigenvalue weighted by Crippen LogP contribution is 2.23. The average Bonchev–Trinajstić information content (AvgIpc) is 2.77. The number of aryl methyl sites for hydroxylation is 2. The van der Waals surface area contributed by atoms with Gasteiger partial charge in [0.1, 0.15) is 0 Å². The Balaban J connectivity index is 1.89. The molecule has 0 amide bonds. The summed E-state index contributed by atoms with van der Waals surface area (Å²) < 4.78 is 1.25. The summed E-state index contributed by atoms with van der Waals surface area (Å²) >= 11 is 1.74. The molecule has 2 aromatic carbocycles. The third-order valence-corrected chi connectivity index (χ3v) is 4.00. The van der Waals surface area contributed by atoms with Crippen LogP contribution >= 0.6 is 11.3 Å². The van der Waals surface area contributed by atoms with E-state index >= 15 is 0 Å². The quantitative estimate of drug-likeness (QED) is 0.588. The summed E-state index contributed by atoms with van der Waals surface area (Å²) in [4.78, 5) is 4.48. The molecule has 0 saturated heterocycles. The molecule has 0 saturated carbocycles. The monoisotopic (exact) mass is 265 g/mol. The van der Waals surface area contributed by atoms with Crippen molar-refractivity contribution < 1.29 is 0 Å². The Morgan fingerprint density at radius 2 is 1.58 bits per heavy atom. The summed E-state index contributed by atoms with van der Waals surface area (Å²) in [6.45, 7) is 4.15. The Hall–Kier alpha value is -1.93. The normalized spacial score (nSPS) is 11.5. The summed E-state index contributed by atoms with van der Waals surface area (Å²) in [5, 5.41) is 1.12. The largest absolute Gasteiger partial charge is 0.242 e. The average molecular weight is 265 g/mol. The zero-order valence-corrected chi connectivity index (χ0v) is 11.9. The molecule has 94 valence electrons. The predicted octanol–water partition coefficient (Wildman–Crippen LogP) is 5.08. The van der Waals surface area contributed by atoms with Crippen LogP contribution in [0.1, 0.15) is 21.7 Å². The molecule has 1 nitrogen and oxygen atoms in total. The van der Waals surface area contributed by atoms with Crippen molar-refractivity contribution in [3.05, 3.63) is 64.2 Å². The fourth-order valence-electron chi connectivity index (χ4n) is 2.03. The van der Waals surface area contributed by atoms with E-state index in [4.69, 9.17) is 0 Å². The summed E-state index contributed by atoms with van der Waals surface area (Å²) in [5.41, 5.74) is 4.83. The van der Waals surface area contributed by atoms with Gasteiger partial charge in [-0.3, -0.25) is 0 Å². The van der Waals surface area contributed by atoms with Crippen LogP contribution in [0.3, 0.4) is 0 Å². The molecular weight excluding hydrogens is 250 g/mol. The second-order valence-electron chi connectivity index (χ2n) is 4.70. The van der Waals surface area contributed by atoms with E-state index in [0.717, 1.165) is 10.5 Å². The van der Waals surface area contributed by atoms with Crippen LogP contribution in [0.2, 0.25) is 0 Å². The molecule has 0 unspecified atom stereocenters. The first-order chi connectivity index (χ1) is 9.20. The van der Waals surface area contributed by atoms with E-state index < -0.39 is 0 Å². The van der Waals surface area contributed by atoms with E-state index in [2.05, 4.69) is 66.5 Å². The van der Waals surface area contributed by atoms with Gasteiger partial charge < -0.3 is 0 Å². The van der Waals surface area contributed by atoms with Gasteiger partial charge in [-0.05, 0) is 37.1 Å². The molecule has 0 aliphatic rings. The van der Waals surface area contributed by atoms with Crippen molar-refractivity contribution in [2.75, 3.05) is 0 Å². The topological polar surface area (TPSA) is 12.9 Å². The highest BCUT2D eigenvalue weighted by molar-refractivity contribution is 7.18. The van der Waals surface area contributed by atoms with Crippen molar-refractivity contribution in [1.82, 2.24) is 4.98 Å². The Bertz CT molecular complexity index is 736. The van der Waals surface area contributed by atoms with Crippen molar-refractivity contribution >= 4 is 33.7 Å². The minimum Gasteiger partial charge on any atom is -0.242 e. The van der Waals surface area contributed by atoms with Gasteiger partial charge in [0.25, 0.3) is 0 Å². The number of aromatic nitrogens is 1. The molecule has 1 heterocycles. The van der Waals surface area contributed by atoms with Gasteiger partial charge in [-0.1, -0.05) is 48.0 Å². The van der Waals surface area contributed by atoms with Crippen molar-refractivity contribution in [3.63, 3.8) is 0 Å². The van der Waals surface area contributed by atoms with Crippen LogP contribution in [0, 0.1) is 13.8 Å². The number of fused-ring (bicyclic) bond motifs is 1. The zero-order valence-electron chi connectivity index (χ0n) is 11.1. The standard InChI is InChI=1S/C17H15NS/c1-12-3-5-14(6-4-12)7-8-15-9-10-16-17(11-15)19-13(2)18-16/h3-11H,1-2H3/b8-7+. The van der Waals surface area contributed by atoms with Gasteiger partial charge in [-0.15, -0.1) is 11.3 Å². The van der Waals surface area contributed by atoms with E-state index in [0.29, 0.717) is 0 Å². The lowest BCUT2D eigenvalue weighted by Gasteiger charge is -1.96. The summed E-state index contributed by atoms with van der Waals surface area (Å²) in [7, 11) is 0. The van der Waals surface area contributed by atoms with Crippen LogP contribution in [0.25, 0.3) is 22.4 Å². The summed E-state index contributed by atoms with van der Waals surface area (Å²) in [6, 6.07) is 15.0. The molecule has 0 aliphatic carbocycles. The van der Waals surface area contributed by atoms with Gasteiger partial charge in [0, 0.05) is 0 Å². The molecule has 0 bridgehead atoms. The fourth-order valence-corrected chi connectivity index (χ4v) is 2.91. The van der Waals surface area contributed by atoms with Gasteiger partial charge in [0.2, 0.25) is 0 Å². The number of nitrogens with zero attached hydrogens (tertiary/aromatic N) is 1. The van der Waals surface area contributed by atoms with E-state index in [-0.39, 0.29) is 0 Å². The van der Waals surface area contributed by atoms with Crippen molar-refractivity contribution in [3.8, 4) is 0 Å². The van der Waals surface area contributed by atoms with Crippen molar-refractivity contribution in [2.45, 2.75) is 13.8 Å². The van der Waals surface area contributed by atoms with Gasteiger partial charge in [0.05, 0.1) is 15.2 Å². The SMILES string of the molecule is Cc1ccc(/C=C/c2ccc3nc(C)sc3c2)cc1. The van der Waals surface area contributed by atoms with Crippen LogP contribution in [0.15, 0.2) is 42.5 Å². The maximum atomic E-state index is 4.48. The van der Waals surface area contributed by atoms with Gasteiger partial charge in [-0.2, -0.15) is 0 Å². The maximum Gasteiger partial charge on any atom is 0.0907 e. The van der Waals surface area contributed by atoms with E-state index in [1.807, 2.05) is 6.92 Å². The minimum atomic E-state index is 1.09. The number of thiazole rings is 1. The zero-order chi connectivity index (χ0) is 13.2. The molecule has 0 N–H and O–H groups in total. The Kier molecular flexibility index (Phi) is 3.18. The number of rotatable bonds is 2. The Labute approximate surface area is 117 Å². The molecule has 3 rings (SSSR count). The van der Waals surface area contributed by atoms with Crippen LogP contribution in [-0.4, -0.2) is 4.98 Å². The lowest BCUT2D eigenvalue weighted by atomic mass is 10.1. The predicted molar refractivity (Wildman–Crippen MR) is 84.5 cm³/mol. The first-order valence-corrected chi connectivity index (χ1v) is 7.14. The molecule has 0 fully saturated rings. The molecule has 0 radical (unpaired) electrons. The van der Waals surface area contributed by atoms with E-state index in [1.165, 1.54) is 21.4 Å². The molecule has 0 atom stereocenters.